The van der Waals surface area contributed by atoms with E-state index in [0.29, 0.717) is 19.3 Å². The molecule has 0 radical (unpaired) electrons. The fraction of sp³-hybridized carbons (Fsp3) is 0.833. The molecule has 0 aromatic carbocycles. The first-order valence-electron chi connectivity index (χ1n) is 14.8. The summed E-state index contributed by atoms with van der Waals surface area (Å²) in [6, 6.07) is -0.365. The topological polar surface area (TPSA) is 81.7 Å². The Balaban J connectivity index is 4.83. The number of ether oxygens (including phenoxy) is 2. The Morgan fingerprint density at radius 2 is 1.22 bits per heavy atom. The maximum atomic E-state index is 12.6. The van der Waals surface area contributed by atoms with Crippen molar-refractivity contribution in [2.24, 2.45) is 0 Å². The predicted octanol–water partition coefficient (Wildman–Crippen LogP) is 7.58. The Morgan fingerprint density at radius 1 is 0.694 bits per heavy atom. The standard InChI is InChI=1S/C30H55NO5/c1-5-9-11-13-15-17-19-22-28(32)31-26(21-7-3)27(24-25-29(33)35-8-4)36-30(34)23-20-18-16-14-12-10-6-2/h24-27H,5-23H2,1-4H3,(H,31,32)/b25-24+/t26-,27-/m1/s1. The molecule has 1 amide bonds. The molecule has 0 spiro atoms. The first-order valence-corrected chi connectivity index (χ1v) is 14.8. The van der Waals surface area contributed by atoms with Gasteiger partial charge in [-0.15, -0.1) is 0 Å². The minimum atomic E-state index is -0.690. The maximum Gasteiger partial charge on any atom is 0.330 e. The molecule has 2 atom stereocenters. The van der Waals surface area contributed by atoms with E-state index >= 15 is 0 Å². The second-order valence-corrected chi connectivity index (χ2v) is 9.77. The van der Waals surface area contributed by atoms with E-state index in [2.05, 4.69) is 19.2 Å². The van der Waals surface area contributed by atoms with Crippen molar-refractivity contribution < 1.29 is 23.9 Å². The predicted molar refractivity (Wildman–Crippen MR) is 148 cm³/mol. The van der Waals surface area contributed by atoms with Crippen LogP contribution in [0.15, 0.2) is 12.2 Å². The lowest BCUT2D eigenvalue weighted by Gasteiger charge is -2.26. The van der Waals surface area contributed by atoms with Crippen molar-refractivity contribution in [2.45, 2.75) is 155 Å². The minimum Gasteiger partial charge on any atom is -0.463 e. The Hall–Kier alpha value is -1.85. The van der Waals surface area contributed by atoms with Crippen LogP contribution in [-0.4, -0.2) is 36.6 Å². The van der Waals surface area contributed by atoms with Crippen molar-refractivity contribution >= 4 is 17.8 Å². The molecule has 0 saturated carbocycles. The molecule has 0 heterocycles. The number of hydrogen-bond donors (Lipinski definition) is 1. The highest BCUT2D eigenvalue weighted by Gasteiger charge is 2.24. The molecule has 0 aliphatic rings. The van der Waals surface area contributed by atoms with Crippen molar-refractivity contribution in [3.63, 3.8) is 0 Å². The zero-order valence-electron chi connectivity index (χ0n) is 23.8. The van der Waals surface area contributed by atoms with Gasteiger partial charge >= 0.3 is 11.9 Å². The lowest BCUT2D eigenvalue weighted by molar-refractivity contribution is -0.149. The summed E-state index contributed by atoms with van der Waals surface area (Å²) in [4.78, 5) is 37.1. The van der Waals surface area contributed by atoms with Crippen LogP contribution < -0.4 is 5.32 Å². The average molecular weight is 510 g/mol. The maximum absolute atomic E-state index is 12.6. The molecule has 6 nitrogen and oxygen atoms in total. The monoisotopic (exact) mass is 509 g/mol. The van der Waals surface area contributed by atoms with E-state index in [1.54, 1.807) is 13.0 Å². The number of hydrogen-bond acceptors (Lipinski definition) is 5. The number of unbranched alkanes of at least 4 members (excludes halogenated alkanes) is 12. The van der Waals surface area contributed by atoms with E-state index < -0.39 is 12.1 Å². The lowest BCUT2D eigenvalue weighted by atomic mass is 10.0. The van der Waals surface area contributed by atoms with Gasteiger partial charge in [0.05, 0.1) is 12.6 Å². The van der Waals surface area contributed by atoms with E-state index in [0.717, 1.165) is 44.9 Å². The van der Waals surface area contributed by atoms with Gasteiger partial charge in [0.25, 0.3) is 0 Å². The number of carbonyl (C=O) groups is 3. The van der Waals surface area contributed by atoms with Crippen LogP contribution in [0.5, 0.6) is 0 Å². The smallest absolute Gasteiger partial charge is 0.330 e. The Morgan fingerprint density at radius 3 is 1.75 bits per heavy atom. The lowest BCUT2D eigenvalue weighted by Crippen LogP contribution is -2.44. The van der Waals surface area contributed by atoms with Gasteiger partial charge in [0.15, 0.2) is 0 Å². The highest BCUT2D eigenvalue weighted by atomic mass is 16.5. The summed E-state index contributed by atoms with van der Waals surface area (Å²) < 4.78 is 10.8. The second kappa shape index (κ2) is 24.8. The van der Waals surface area contributed by atoms with Crippen molar-refractivity contribution in [2.75, 3.05) is 6.61 Å². The van der Waals surface area contributed by atoms with Crippen LogP contribution in [0.3, 0.4) is 0 Å². The minimum absolute atomic E-state index is 0.0281. The largest absolute Gasteiger partial charge is 0.463 e. The Kier molecular flexibility index (Phi) is 23.6. The van der Waals surface area contributed by atoms with Crippen LogP contribution in [0.4, 0.5) is 0 Å². The molecule has 6 heteroatoms. The Labute approximate surface area is 221 Å². The summed E-state index contributed by atoms with van der Waals surface area (Å²) >= 11 is 0. The molecule has 0 unspecified atom stereocenters. The summed E-state index contributed by atoms with van der Waals surface area (Å²) in [6.45, 7) is 8.46. The molecule has 0 aromatic heterocycles. The fourth-order valence-electron chi connectivity index (χ4n) is 4.21. The molecule has 0 rings (SSSR count). The number of esters is 2. The molecule has 210 valence electrons. The van der Waals surface area contributed by atoms with Gasteiger partial charge in [-0.1, -0.05) is 104 Å². The highest BCUT2D eigenvalue weighted by molar-refractivity contribution is 5.82. The third kappa shape index (κ3) is 20.4. The van der Waals surface area contributed by atoms with Crippen molar-refractivity contribution in [3.05, 3.63) is 12.2 Å². The van der Waals surface area contributed by atoms with Crippen molar-refractivity contribution in [1.82, 2.24) is 5.32 Å². The van der Waals surface area contributed by atoms with Gasteiger partial charge < -0.3 is 14.8 Å². The van der Waals surface area contributed by atoms with Crippen LogP contribution in [0.1, 0.15) is 143 Å². The summed E-state index contributed by atoms with van der Waals surface area (Å²) in [6.07, 6.45) is 20.4. The van der Waals surface area contributed by atoms with E-state index in [9.17, 15) is 14.4 Å². The molecule has 0 fully saturated rings. The van der Waals surface area contributed by atoms with Crippen molar-refractivity contribution in [3.8, 4) is 0 Å². The number of rotatable bonds is 24. The van der Waals surface area contributed by atoms with Crippen LogP contribution in [0, 0.1) is 0 Å². The molecular formula is C30H55NO5. The molecule has 1 N–H and O–H groups in total. The summed E-state index contributed by atoms with van der Waals surface area (Å²) in [5.74, 6) is -0.792. The van der Waals surface area contributed by atoms with E-state index in [4.69, 9.17) is 9.47 Å². The van der Waals surface area contributed by atoms with Gasteiger partial charge in [-0.25, -0.2) is 4.79 Å². The zero-order chi connectivity index (χ0) is 26.9. The number of nitrogens with one attached hydrogen (secondary N) is 1. The first kappa shape index (κ1) is 34.1. The van der Waals surface area contributed by atoms with Gasteiger partial charge in [-0.3, -0.25) is 9.59 Å². The van der Waals surface area contributed by atoms with Crippen molar-refractivity contribution in [1.29, 1.82) is 0 Å². The van der Waals surface area contributed by atoms with Crippen LogP contribution in [0.25, 0.3) is 0 Å². The Bertz CT molecular complexity index is 590. The molecular weight excluding hydrogens is 454 g/mol. The molecule has 0 aromatic rings. The summed E-state index contributed by atoms with van der Waals surface area (Å²) in [5.41, 5.74) is 0. The molecule has 0 saturated heterocycles. The van der Waals surface area contributed by atoms with Gasteiger partial charge in [0.1, 0.15) is 6.10 Å². The second-order valence-electron chi connectivity index (χ2n) is 9.77. The van der Waals surface area contributed by atoms with Gasteiger partial charge in [0, 0.05) is 18.9 Å². The molecule has 0 aliphatic heterocycles. The third-order valence-corrected chi connectivity index (χ3v) is 6.31. The highest BCUT2D eigenvalue weighted by Crippen LogP contribution is 2.14. The van der Waals surface area contributed by atoms with E-state index in [1.807, 2.05) is 6.92 Å². The van der Waals surface area contributed by atoms with Gasteiger partial charge in [-0.2, -0.15) is 0 Å². The molecule has 36 heavy (non-hydrogen) atoms. The summed E-state index contributed by atoms with van der Waals surface area (Å²) in [5, 5.41) is 3.07. The number of carbonyl (C=O) groups excluding carboxylic acids is 3. The first-order chi connectivity index (χ1) is 17.5. The van der Waals surface area contributed by atoms with Crippen LogP contribution >= 0.6 is 0 Å². The van der Waals surface area contributed by atoms with Crippen LogP contribution in [0.2, 0.25) is 0 Å². The molecule has 0 bridgehead atoms. The van der Waals surface area contributed by atoms with Gasteiger partial charge in [0.2, 0.25) is 5.91 Å². The zero-order valence-corrected chi connectivity index (χ0v) is 23.8. The van der Waals surface area contributed by atoms with Gasteiger partial charge in [-0.05, 0) is 32.3 Å². The van der Waals surface area contributed by atoms with E-state index in [1.165, 1.54) is 57.4 Å². The number of amides is 1. The third-order valence-electron chi connectivity index (χ3n) is 6.31. The quantitative estimate of drug-likeness (QED) is 0.0823. The molecule has 0 aliphatic carbocycles. The van der Waals surface area contributed by atoms with Crippen LogP contribution in [-0.2, 0) is 23.9 Å². The SMILES string of the molecule is CCCCCCCCCC(=O)N[C@H](CCC)[C@@H](/C=C/C(=O)OCC)OC(=O)CCCCCCCCC. The summed E-state index contributed by atoms with van der Waals surface area (Å²) in [7, 11) is 0. The van der Waals surface area contributed by atoms with E-state index in [-0.39, 0.29) is 24.5 Å². The fourth-order valence-corrected chi connectivity index (χ4v) is 4.21. The average Bonchev–Trinajstić information content (AvgIpc) is 2.85. The normalized spacial score (nSPS) is 12.9.